The average Bonchev–Trinajstić information content (AvgIpc) is 2.33. The quantitative estimate of drug-likeness (QED) is 0.602. The molecule has 0 aromatic heterocycles. The summed E-state index contributed by atoms with van der Waals surface area (Å²) in [7, 11) is 4.17. The Balaban J connectivity index is -0.0000000860. The molecule has 0 aromatic rings. The monoisotopic (exact) mass is 217 g/mol. The van der Waals surface area contributed by atoms with Gasteiger partial charge in [0, 0.05) is 6.54 Å². The predicted octanol–water partition coefficient (Wildman–Crippen LogP) is 4.98. The van der Waals surface area contributed by atoms with Crippen LogP contribution < -0.4 is 0 Å². The minimum absolute atomic E-state index is 1.07. The smallest absolute Gasteiger partial charge is 0.0159 e. The van der Waals surface area contributed by atoms with Crippen LogP contribution in [0.4, 0.5) is 0 Å². The number of hydrogen-bond donors (Lipinski definition) is 0. The van der Waals surface area contributed by atoms with Gasteiger partial charge in [-0.2, -0.15) is 0 Å². The zero-order valence-corrected chi connectivity index (χ0v) is 12.9. The summed E-state index contributed by atoms with van der Waals surface area (Å²) >= 11 is 0. The van der Waals surface area contributed by atoms with E-state index in [1.807, 2.05) is 41.5 Å². The summed E-state index contributed by atoms with van der Waals surface area (Å²) in [6.07, 6.45) is 3.44. The van der Waals surface area contributed by atoms with Crippen LogP contribution in [-0.2, 0) is 0 Å². The summed E-state index contributed by atoms with van der Waals surface area (Å²) in [4.78, 5) is 2.17. The molecule has 0 unspecified atom stereocenters. The second kappa shape index (κ2) is 29.2. The van der Waals surface area contributed by atoms with E-state index >= 15 is 0 Å². The Kier molecular flexibility index (Phi) is 46.9. The van der Waals surface area contributed by atoms with Gasteiger partial charge < -0.3 is 4.90 Å². The van der Waals surface area contributed by atoms with Gasteiger partial charge in [0.05, 0.1) is 0 Å². The molecule has 0 fully saturated rings. The summed E-state index contributed by atoms with van der Waals surface area (Å²) in [6, 6.07) is 0. The maximum Gasteiger partial charge on any atom is 0.0159 e. The third-order valence-electron chi connectivity index (χ3n) is 1.36. The van der Waals surface area contributed by atoms with Gasteiger partial charge in [-0.3, -0.25) is 0 Å². The first-order valence-corrected chi connectivity index (χ1v) is 6.47. The largest absolute Gasteiger partial charge is 0.306 e. The van der Waals surface area contributed by atoms with Crippen LogP contribution >= 0.6 is 0 Å². The first-order valence-electron chi connectivity index (χ1n) is 6.47. The molecule has 0 aliphatic carbocycles. The fourth-order valence-electron chi connectivity index (χ4n) is 0.483. The molecule has 0 aromatic carbocycles. The SMILES string of the molecule is CC.CC.CC.CC/C(C)=C\CN(C)C. The number of nitrogens with zero attached hydrogens (tertiary/aromatic N) is 1. The lowest BCUT2D eigenvalue weighted by Gasteiger charge is -2.04. The van der Waals surface area contributed by atoms with E-state index < -0.39 is 0 Å². The van der Waals surface area contributed by atoms with Crippen LogP contribution in [0.1, 0.15) is 61.8 Å². The molecule has 0 saturated heterocycles. The molecule has 0 rings (SSSR count). The Morgan fingerprint density at radius 3 is 1.47 bits per heavy atom. The molecular formula is C14H35N. The molecule has 0 saturated carbocycles. The lowest BCUT2D eigenvalue weighted by atomic mass is 10.2. The standard InChI is InChI=1S/C8H17N.3C2H6/c1-5-8(2)6-7-9(3)4;3*1-2/h6H,5,7H2,1-4H3;3*1-2H3/b8-6-;;;. The van der Waals surface area contributed by atoms with Crippen molar-refractivity contribution in [3.63, 3.8) is 0 Å². The molecule has 0 atom stereocenters. The van der Waals surface area contributed by atoms with E-state index in [-0.39, 0.29) is 0 Å². The minimum Gasteiger partial charge on any atom is -0.306 e. The fourth-order valence-corrected chi connectivity index (χ4v) is 0.483. The Hall–Kier alpha value is -0.300. The molecule has 1 nitrogen and oxygen atoms in total. The van der Waals surface area contributed by atoms with Gasteiger partial charge in [0.1, 0.15) is 0 Å². The van der Waals surface area contributed by atoms with Crippen LogP contribution in [0.3, 0.4) is 0 Å². The Morgan fingerprint density at radius 1 is 0.933 bits per heavy atom. The van der Waals surface area contributed by atoms with E-state index in [0.29, 0.717) is 0 Å². The summed E-state index contributed by atoms with van der Waals surface area (Å²) in [6.45, 7) is 17.4. The average molecular weight is 217 g/mol. The van der Waals surface area contributed by atoms with Crippen molar-refractivity contribution in [2.45, 2.75) is 61.8 Å². The second-order valence-corrected chi connectivity index (χ2v) is 2.67. The van der Waals surface area contributed by atoms with Crippen molar-refractivity contribution in [2.75, 3.05) is 20.6 Å². The molecule has 0 N–H and O–H groups in total. The van der Waals surface area contributed by atoms with Gasteiger partial charge in [-0.15, -0.1) is 0 Å². The highest BCUT2D eigenvalue weighted by Crippen LogP contribution is 1.96. The third-order valence-corrected chi connectivity index (χ3v) is 1.36. The molecule has 1 heteroatoms. The van der Waals surface area contributed by atoms with Crippen LogP contribution in [0.25, 0.3) is 0 Å². The van der Waals surface area contributed by atoms with Crippen molar-refractivity contribution in [2.24, 2.45) is 0 Å². The van der Waals surface area contributed by atoms with E-state index in [0.717, 1.165) is 6.54 Å². The summed E-state index contributed by atoms with van der Waals surface area (Å²) in [5.41, 5.74) is 1.48. The van der Waals surface area contributed by atoms with Crippen molar-refractivity contribution in [1.29, 1.82) is 0 Å². The zero-order chi connectivity index (χ0) is 13.3. The maximum atomic E-state index is 2.26. The van der Waals surface area contributed by atoms with Gasteiger partial charge in [0.25, 0.3) is 0 Å². The van der Waals surface area contributed by atoms with Crippen LogP contribution in [0.5, 0.6) is 0 Å². The highest BCUT2D eigenvalue weighted by Gasteiger charge is 1.84. The number of allylic oxidation sites excluding steroid dienone is 1. The predicted molar refractivity (Wildman–Crippen MR) is 76.6 cm³/mol. The molecule has 96 valence electrons. The van der Waals surface area contributed by atoms with E-state index in [1.54, 1.807) is 0 Å². The van der Waals surface area contributed by atoms with Gasteiger partial charge in [-0.1, -0.05) is 60.1 Å². The number of hydrogen-bond acceptors (Lipinski definition) is 1. The van der Waals surface area contributed by atoms with E-state index in [4.69, 9.17) is 0 Å². The highest BCUT2D eigenvalue weighted by atomic mass is 15.0. The van der Waals surface area contributed by atoms with Crippen molar-refractivity contribution in [3.8, 4) is 0 Å². The molecule has 0 heterocycles. The fraction of sp³-hybridized carbons (Fsp3) is 0.857. The molecule has 0 aliphatic rings. The van der Waals surface area contributed by atoms with E-state index in [1.165, 1.54) is 12.0 Å². The van der Waals surface area contributed by atoms with E-state index in [9.17, 15) is 0 Å². The lowest BCUT2D eigenvalue weighted by Crippen LogP contribution is -2.10. The van der Waals surface area contributed by atoms with Gasteiger partial charge >= 0.3 is 0 Å². The Labute approximate surface area is 99.6 Å². The van der Waals surface area contributed by atoms with Crippen LogP contribution in [0.2, 0.25) is 0 Å². The maximum absolute atomic E-state index is 2.26. The Morgan fingerprint density at radius 2 is 1.27 bits per heavy atom. The molecule has 0 bridgehead atoms. The van der Waals surface area contributed by atoms with Crippen LogP contribution in [-0.4, -0.2) is 25.5 Å². The first-order chi connectivity index (χ1) is 7.16. The number of likely N-dealkylation sites (N-methyl/N-ethyl adjacent to an activating group) is 1. The molecule has 0 spiro atoms. The summed E-state index contributed by atoms with van der Waals surface area (Å²) < 4.78 is 0. The second-order valence-electron chi connectivity index (χ2n) is 2.67. The summed E-state index contributed by atoms with van der Waals surface area (Å²) in [5.74, 6) is 0. The molecule has 0 aliphatic heterocycles. The van der Waals surface area contributed by atoms with E-state index in [2.05, 4.69) is 38.9 Å². The molecule has 0 amide bonds. The van der Waals surface area contributed by atoms with Crippen molar-refractivity contribution >= 4 is 0 Å². The Bertz CT molecular complexity index is 93.5. The first kappa shape index (κ1) is 24.1. The lowest BCUT2D eigenvalue weighted by molar-refractivity contribution is 0.455. The number of rotatable bonds is 3. The van der Waals surface area contributed by atoms with Crippen molar-refractivity contribution in [3.05, 3.63) is 11.6 Å². The zero-order valence-electron chi connectivity index (χ0n) is 12.9. The normalized spacial score (nSPS) is 8.87. The topological polar surface area (TPSA) is 3.24 Å². The summed E-state index contributed by atoms with van der Waals surface area (Å²) in [5, 5.41) is 0. The molecular weight excluding hydrogens is 182 g/mol. The van der Waals surface area contributed by atoms with Gasteiger partial charge in [-0.05, 0) is 27.4 Å². The van der Waals surface area contributed by atoms with Gasteiger partial charge in [0.15, 0.2) is 0 Å². The minimum atomic E-state index is 1.07. The van der Waals surface area contributed by atoms with Gasteiger partial charge in [0.2, 0.25) is 0 Å². The van der Waals surface area contributed by atoms with Crippen LogP contribution in [0.15, 0.2) is 11.6 Å². The van der Waals surface area contributed by atoms with Crippen LogP contribution in [0, 0.1) is 0 Å². The van der Waals surface area contributed by atoms with Crippen molar-refractivity contribution < 1.29 is 0 Å². The van der Waals surface area contributed by atoms with Gasteiger partial charge in [-0.25, -0.2) is 0 Å². The molecule has 0 radical (unpaired) electrons. The van der Waals surface area contributed by atoms with Crippen molar-refractivity contribution in [1.82, 2.24) is 4.90 Å². The third kappa shape index (κ3) is 41.8. The molecule has 15 heavy (non-hydrogen) atoms. The highest BCUT2D eigenvalue weighted by molar-refractivity contribution is 4.97.